The van der Waals surface area contributed by atoms with Gasteiger partial charge in [0.05, 0.1) is 12.2 Å². The van der Waals surface area contributed by atoms with Crippen molar-refractivity contribution in [2.45, 2.75) is 6.10 Å². The number of carbonyl (C=O) groups is 1. The van der Waals surface area contributed by atoms with Crippen LogP contribution in [0.2, 0.25) is 0 Å². The predicted octanol–water partition coefficient (Wildman–Crippen LogP) is 0.754. The van der Waals surface area contributed by atoms with Crippen molar-refractivity contribution in [2.75, 3.05) is 11.4 Å². The summed E-state index contributed by atoms with van der Waals surface area (Å²) in [6.07, 6.45) is 1.82. The average Bonchev–Trinajstić information content (AvgIpc) is 2.46. The minimum absolute atomic E-state index is 0.0203. The summed E-state index contributed by atoms with van der Waals surface area (Å²) in [5.41, 5.74) is 0.238. The van der Waals surface area contributed by atoms with Crippen molar-refractivity contribution in [2.24, 2.45) is 0 Å². The molecular weight excluding hydrogens is 262 g/mol. The Balaban J connectivity index is 2.12. The van der Waals surface area contributed by atoms with Crippen LogP contribution in [-0.2, 0) is 4.79 Å². The first-order valence-corrected chi connectivity index (χ1v) is 5.96. The van der Waals surface area contributed by atoms with Crippen molar-refractivity contribution in [1.29, 1.82) is 0 Å². The Kier molecular flexibility index (Phi) is 2.86. The topological polar surface area (TPSA) is 95.5 Å². The number of carboxylic acids is 1. The first kappa shape index (κ1) is 12.2. The molecule has 1 aromatic carbocycles. The Hall–Kier alpha value is -2.83. The number of benzene rings is 1. The standard InChI is InChI=1S/C13H11N3O4/c17-12-11(14-5-6-15-12)16-7-10(13(18)19)20-9-4-2-1-3-8(9)16/h1-6,10H,7H2,(H,15,17)(H,18,19). The number of aromatic amines is 1. The van der Waals surface area contributed by atoms with Gasteiger partial charge in [0.1, 0.15) is 5.75 Å². The lowest BCUT2D eigenvalue weighted by Gasteiger charge is -2.33. The van der Waals surface area contributed by atoms with E-state index in [-0.39, 0.29) is 17.9 Å². The predicted molar refractivity (Wildman–Crippen MR) is 70.4 cm³/mol. The summed E-state index contributed by atoms with van der Waals surface area (Å²) in [5.74, 6) is -0.525. The highest BCUT2D eigenvalue weighted by Crippen LogP contribution is 2.35. The minimum Gasteiger partial charge on any atom is -0.478 e. The van der Waals surface area contributed by atoms with Crippen LogP contribution in [0.5, 0.6) is 5.75 Å². The van der Waals surface area contributed by atoms with E-state index in [2.05, 4.69) is 9.97 Å². The number of rotatable bonds is 2. The first-order chi connectivity index (χ1) is 9.66. The molecule has 0 radical (unpaired) electrons. The number of hydrogen-bond donors (Lipinski definition) is 2. The van der Waals surface area contributed by atoms with Crippen LogP contribution in [0.15, 0.2) is 41.5 Å². The molecule has 0 amide bonds. The van der Waals surface area contributed by atoms with Crippen LogP contribution in [0.1, 0.15) is 0 Å². The number of H-pyrrole nitrogens is 1. The Morgan fingerprint density at radius 2 is 2.25 bits per heavy atom. The molecule has 0 saturated heterocycles. The molecule has 1 aromatic heterocycles. The molecule has 20 heavy (non-hydrogen) atoms. The first-order valence-electron chi connectivity index (χ1n) is 5.96. The van der Waals surface area contributed by atoms with E-state index in [9.17, 15) is 9.59 Å². The van der Waals surface area contributed by atoms with Gasteiger partial charge in [-0.1, -0.05) is 12.1 Å². The highest BCUT2D eigenvalue weighted by molar-refractivity contribution is 5.78. The van der Waals surface area contributed by atoms with Gasteiger partial charge >= 0.3 is 5.97 Å². The third-order valence-electron chi connectivity index (χ3n) is 2.99. The van der Waals surface area contributed by atoms with E-state index in [0.717, 1.165) is 0 Å². The van der Waals surface area contributed by atoms with Gasteiger partial charge in [-0.3, -0.25) is 4.79 Å². The molecule has 0 aliphatic carbocycles. The maximum absolute atomic E-state index is 11.9. The van der Waals surface area contributed by atoms with Crippen molar-refractivity contribution in [3.63, 3.8) is 0 Å². The SMILES string of the molecule is O=C(O)C1CN(c2ncc[nH]c2=O)c2ccccc2O1. The lowest BCUT2D eigenvalue weighted by Crippen LogP contribution is -2.44. The maximum Gasteiger partial charge on any atom is 0.346 e. The van der Waals surface area contributed by atoms with E-state index >= 15 is 0 Å². The van der Waals surface area contributed by atoms with Crippen LogP contribution >= 0.6 is 0 Å². The Morgan fingerprint density at radius 3 is 3.00 bits per heavy atom. The second kappa shape index (κ2) is 4.69. The quantitative estimate of drug-likeness (QED) is 0.838. The summed E-state index contributed by atoms with van der Waals surface area (Å²) in [4.78, 5) is 31.1. The summed E-state index contributed by atoms with van der Waals surface area (Å²) in [6.45, 7) is 0.0203. The molecule has 2 N–H and O–H groups in total. The van der Waals surface area contributed by atoms with Crippen molar-refractivity contribution < 1.29 is 14.6 Å². The van der Waals surface area contributed by atoms with Gasteiger partial charge in [-0.2, -0.15) is 0 Å². The molecular formula is C13H11N3O4. The van der Waals surface area contributed by atoms with Crippen molar-refractivity contribution in [3.05, 3.63) is 47.0 Å². The molecule has 2 aromatic rings. The molecule has 0 spiro atoms. The number of para-hydroxylation sites is 2. The summed E-state index contributed by atoms with van der Waals surface area (Å²) < 4.78 is 5.40. The van der Waals surface area contributed by atoms with Crippen LogP contribution in [0.25, 0.3) is 0 Å². The molecule has 1 aliphatic heterocycles. The summed E-state index contributed by atoms with van der Waals surface area (Å²) >= 11 is 0. The normalized spacial score (nSPS) is 17.2. The third kappa shape index (κ3) is 1.99. The molecule has 1 unspecified atom stereocenters. The van der Waals surface area contributed by atoms with Crippen LogP contribution in [0.3, 0.4) is 0 Å². The number of nitrogens with zero attached hydrogens (tertiary/aromatic N) is 2. The number of carboxylic acid groups (broad SMARTS) is 1. The number of aliphatic carboxylic acids is 1. The van der Waals surface area contributed by atoms with E-state index < -0.39 is 12.1 Å². The fourth-order valence-corrected chi connectivity index (χ4v) is 2.10. The van der Waals surface area contributed by atoms with Gasteiger partial charge in [0.15, 0.2) is 5.82 Å². The van der Waals surface area contributed by atoms with Crippen LogP contribution in [0, 0.1) is 0 Å². The molecule has 0 bridgehead atoms. The Morgan fingerprint density at radius 1 is 1.45 bits per heavy atom. The van der Waals surface area contributed by atoms with Crippen LogP contribution < -0.4 is 15.2 Å². The summed E-state index contributed by atoms with van der Waals surface area (Å²) in [5, 5.41) is 9.14. The van der Waals surface area contributed by atoms with Gasteiger partial charge in [0, 0.05) is 12.4 Å². The Labute approximate surface area is 113 Å². The lowest BCUT2D eigenvalue weighted by atomic mass is 10.2. The number of ether oxygens (including phenoxy) is 1. The molecule has 1 aliphatic rings. The molecule has 1 atom stereocenters. The zero-order valence-corrected chi connectivity index (χ0v) is 10.3. The third-order valence-corrected chi connectivity index (χ3v) is 2.99. The number of fused-ring (bicyclic) bond motifs is 1. The van der Waals surface area contributed by atoms with Crippen molar-refractivity contribution in [3.8, 4) is 5.75 Å². The van der Waals surface area contributed by atoms with Gasteiger partial charge in [-0.05, 0) is 12.1 Å². The number of anilines is 2. The maximum atomic E-state index is 11.9. The van der Waals surface area contributed by atoms with E-state index in [1.807, 2.05) is 0 Å². The highest BCUT2D eigenvalue weighted by atomic mass is 16.5. The number of nitrogens with one attached hydrogen (secondary N) is 1. The number of hydrogen-bond acceptors (Lipinski definition) is 5. The van der Waals surface area contributed by atoms with Crippen molar-refractivity contribution >= 4 is 17.5 Å². The van der Waals surface area contributed by atoms with E-state index in [1.165, 1.54) is 12.4 Å². The molecule has 2 heterocycles. The molecule has 7 nitrogen and oxygen atoms in total. The minimum atomic E-state index is -1.09. The zero-order chi connectivity index (χ0) is 14.1. The second-order valence-corrected chi connectivity index (χ2v) is 4.26. The summed E-state index contributed by atoms with van der Waals surface area (Å²) in [7, 11) is 0. The fourth-order valence-electron chi connectivity index (χ4n) is 2.10. The van der Waals surface area contributed by atoms with E-state index in [0.29, 0.717) is 11.4 Å². The largest absolute Gasteiger partial charge is 0.478 e. The lowest BCUT2D eigenvalue weighted by molar-refractivity contribution is -0.144. The van der Waals surface area contributed by atoms with Gasteiger partial charge in [-0.15, -0.1) is 0 Å². The number of aromatic nitrogens is 2. The molecule has 0 fully saturated rings. The zero-order valence-electron chi connectivity index (χ0n) is 10.3. The highest BCUT2D eigenvalue weighted by Gasteiger charge is 2.32. The van der Waals surface area contributed by atoms with Gasteiger partial charge in [0.25, 0.3) is 5.56 Å². The van der Waals surface area contributed by atoms with Crippen LogP contribution in [0.4, 0.5) is 11.5 Å². The van der Waals surface area contributed by atoms with Gasteiger partial charge in [0.2, 0.25) is 6.10 Å². The average molecular weight is 273 g/mol. The van der Waals surface area contributed by atoms with E-state index in [1.54, 1.807) is 29.2 Å². The Bertz CT molecular complexity index is 713. The molecule has 3 rings (SSSR count). The fraction of sp³-hybridized carbons (Fsp3) is 0.154. The van der Waals surface area contributed by atoms with Gasteiger partial charge < -0.3 is 19.7 Å². The molecule has 102 valence electrons. The van der Waals surface area contributed by atoms with Crippen molar-refractivity contribution in [1.82, 2.24) is 9.97 Å². The molecule has 0 saturated carbocycles. The van der Waals surface area contributed by atoms with Gasteiger partial charge in [-0.25, -0.2) is 9.78 Å². The molecule has 7 heteroatoms. The van der Waals surface area contributed by atoms with Crippen LogP contribution in [-0.4, -0.2) is 33.7 Å². The monoisotopic (exact) mass is 273 g/mol. The second-order valence-electron chi connectivity index (χ2n) is 4.26. The summed E-state index contributed by atoms with van der Waals surface area (Å²) in [6, 6.07) is 6.94. The van der Waals surface area contributed by atoms with E-state index in [4.69, 9.17) is 9.84 Å². The smallest absolute Gasteiger partial charge is 0.346 e.